The van der Waals surface area contributed by atoms with Gasteiger partial charge >= 0.3 is 12.1 Å². The van der Waals surface area contributed by atoms with E-state index in [0.717, 1.165) is 6.07 Å². The molecule has 2 heterocycles. The van der Waals surface area contributed by atoms with Crippen molar-refractivity contribution in [3.8, 4) is 0 Å². The molecule has 1 aliphatic rings. The third-order valence-corrected chi connectivity index (χ3v) is 3.41. The summed E-state index contributed by atoms with van der Waals surface area (Å²) in [4.78, 5) is 20.1. The number of aromatic nitrogens is 2. The SMILES string of the molecule is Cc1cc(C(F)(F)F)nc(N2CCC(C)(C(=O)O)C2)n1. The van der Waals surface area contributed by atoms with E-state index < -0.39 is 23.3 Å². The number of halogens is 3. The van der Waals surface area contributed by atoms with Crippen molar-refractivity contribution in [2.75, 3.05) is 18.0 Å². The molecule has 0 amide bonds. The summed E-state index contributed by atoms with van der Waals surface area (Å²) < 4.78 is 38.1. The highest BCUT2D eigenvalue weighted by atomic mass is 19.4. The van der Waals surface area contributed by atoms with Crippen LogP contribution in [0.15, 0.2) is 6.07 Å². The topological polar surface area (TPSA) is 66.3 Å². The third kappa shape index (κ3) is 2.68. The summed E-state index contributed by atoms with van der Waals surface area (Å²) >= 11 is 0. The molecule has 1 atom stereocenters. The Labute approximate surface area is 113 Å². The fraction of sp³-hybridized carbons (Fsp3) is 0.583. The molecule has 0 spiro atoms. The molecule has 0 aliphatic carbocycles. The van der Waals surface area contributed by atoms with Crippen molar-refractivity contribution < 1.29 is 23.1 Å². The monoisotopic (exact) mass is 289 g/mol. The van der Waals surface area contributed by atoms with Crippen LogP contribution in [0.3, 0.4) is 0 Å². The minimum atomic E-state index is -4.54. The van der Waals surface area contributed by atoms with Crippen LogP contribution in [0.2, 0.25) is 0 Å². The zero-order valence-corrected chi connectivity index (χ0v) is 11.0. The molecule has 0 bridgehead atoms. The second-order valence-corrected chi connectivity index (χ2v) is 5.23. The Balaban J connectivity index is 2.31. The Bertz CT molecular complexity index is 547. The summed E-state index contributed by atoms with van der Waals surface area (Å²) in [5.41, 5.74) is -1.79. The van der Waals surface area contributed by atoms with E-state index in [9.17, 15) is 18.0 Å². The van der Waals surface area contributed by atoms with Crippen LogP contribution >= 0.6 is 0 Å². The summed E-state index contributed by atoms with van der Waals surface area (Å²) in [6.45, 7) is 3.44. The molecule has 1 fully saturated rings. The van der Waals surface area contributed by atoms with E-state index in [1.165, 1.54) is 11.8 Å². The van der Waals surface area contributed by atoms with Crippen molar-refractivity contribution in [3.05, 3.63) is 17.5 Å². The standard InChI is InChI=1S/C12H14F3N3O2/c1-7-5-8(12(13,14)15)17-10(16-7)18-4-3-11(2,6-18)9(19)20/h5H,3-4,6H2,1-2H3,(H,19,20). The quantitative estimate of drug-likeness (QED) is 0.903. The van der Waals surface area contributed by atoms with E-state index in [1.54, 1.807) is 6.92 Å². The van der Waals surface area contributed by atoms with E-state index in [2.05, 4.69) is 9.97 Å². The maximum absolute atomic E-state index is 12.7. The molecule has 0 aromatic carbocycles. The van der Waals surface area contributed by atoms with Crippen molar-refractivity contribution in [3.63, 3.8) is 0 Å². The van der Waals surface area contributed by atoms with E-state index in [4.69, 9.17) is 5.11 Å². The van der Waals surface area contributed by atoms with Gasteiger partial charge in [-0.25, -0.2) is 9.97 Å². The lowest BCUT2D eigenvalue weighted by atomic mass is 9.90. The fourth-order valence-corrected chi connectivity index (χ4v) is 2.15. The molecular weight excluding hydrogens is 275 g/mol. The van der Waals surface area contributed by atoms with Crippen LogP contribution in [-0.4, -0.2) is 34.1 Å². The number of hydrogen-bond donors (Lipinski definition) is 1. The average molecular weight is 289 g/mol. The summed E-state index contributed by atoms with van der Waals surface area (Å²) in [5, 5.41) is 9.13. The van der Waals surface area contributed by atoms with Gasteiger partial charge in [0.15, 0.2) is 0 Å². The number of anilines is 1. The lowest BCUT2D eigenvalue weighted by molar-refractivity contribution is -0.146. The van der Waals surface area contributed by atoms with E-state index in [1.807, 2.05) is 0 Å². The summed E-state index contributed by atoms with van der Waals surface area (Å²) in [6.07, 6.45) is -4.20. The van der Waals surface area contributed by atoms with Crippen molar-refractivity contribution in [2.24, 2.45) is 5.41 Å². The van der Waals surface area contributed by atoms with Crippen LogP contribution in [0.5, 0.6) is 0 Å². The maximum atomic E-state index is 12.7. The predicted octanol–water partition coefficient (Wildman–Crippen LogP) is 2.10. The molecule has 5 nitrogen and oxygen atoms in total. The van der Waals surface area contributed by atoms with E-state index in [0.29, 0.717) is 13.0 Å². The number of alkyl halides is 3. The van der Waals surface area contributed by atoms with Gasteiger partial charge in [-0.05, 0) is 26.3 Å². The van der Waals surface area contributed by atoms with Crippen molar-refractivity contribution in [2.45, 2.75) is 26.4 Å². The van der Waals surface area contributed by atoms with Crippen LogP contribution in [0.1, 0.15) is 24.7 Å². The molecule has 8 heteroatoms. The van der Waals surface area contributed by atoms with Gasteiger partial charge < -0.3 is 10.0 Å². The Morgan fingerprint density at radius 1 is 1.45 bits per heavy atom. The molecule has 110 valence electrons. The number of aliphatic carboxylic acids is 1. The zero-order chi connectivity index (χ0) is 15.1. The molecule has 1 N–H and O–H groups in total. The van der Waals surface area contributed by atoms with Gasteiger partial charge in [-0.15, -0.1) is 0 Å². The normalized spacial score (nSPS) is 23.1. The third-order valence-electron chi connectivity index (χ3n) is 3.41. The van der Waals surface area contributed by atoms with Gasteiger partial charge in [0.05, 0.1) is 5.41 Å². The van der Waals surface area contributed by atoms with Crippen molar-refractivity contribution >= 4 is 11.9 Å². The largest absolute Gasteiger partial charge is 0.481 e. The first-order valence-electron chi connectivity index (χ1n) is 6.03. The lowest BCUT2D eigenvalue weighted by Gasteiger charge is -2.21. The second kappa shape index (κ2) is 4.60. The molecule has 0 radical (unpaired) electrons. The Morgan fingerprint density at radius 2 is 2.10 bits per heavy atom. The molecule has 1 unspecified atom stereocenters. The minimum Gasteiger partial charge on any atom is -0.481 e. The number of hydrogen-bond acceptors (Lipinski definition) is 4. The van der Waals surface area contributed by atoms with Gasteiger partial charge in [0, 0.05) is 18.8 Å². The van der Waals surface area contributed by atoms with Crippen LogP contribution in [-0.2, 0) is 11.0 Å². The fourth-order valence-electron chi connectivity index (χ4n) is 2.15. The molecule has 1 aromatic heterocycles. The summed E-state index contributed by atoms with van der Waals surface area (Å²) in [7, 11) is 0. The van der Waals surface area contributed by atoms with E-state index >= 15 is 0 Å². The van der Waals surface area contributed by atoms with Crippen LogP contribution in [0.25, 0.3) is 0 Å². The average Bonchev–Trinajstić information content (AvgIpc) is 2.71. The van der Waals surface area contributed by atoms with Gasteiger partial charge in [0.1, 0.15) is 5.69 Å². The summed E-state index contributed by atoms with van der Waals surface area (Å²) in [6, 6.07) is 0.871. The highest BCUT2D eigenvalue weighted by molar-refractivity contribution is 5.76. The lowest BCUT2D eigenvalue weighted by Crippen LogP contribution is -2.32. The van der Waals surface area contributed by atoms with Crippen LogP contribution < -0.4 is 4.90 Å². The van der Waals surface area contributed by atoms with Crippen LogP contribution in [0.4, 0.5) is 19.1 Å². The van der Waals surface area contributed by atoms with Crippen LogP contribution in [0, 0.1) is 12.3 Å². The molecule has 2 rings (SSSR count). The summed E-state index contributed by atoms with van der Waals surface area (Å²) in [5.74, 6) is -1.04. The Morgan fingerprint density at radius 3 is 2.60 bits per heavy atom. The smallest absolute Gasteiger partial charge is 0.433 e. The number of nitrogens with zero attached hydrogens (tertiary/aromatic N) is 3. The number of aryl methyl sites for hydroxylation is 1. The molecular formula is C12H14F3N3O2. The molecule has 1 aliphatic heterocycles. The van der Waals surface area contributed by atoms with Crippen molar-refractivity contribution in [1.82, 2.24) is 9.97 Å². The molecule has 1 aromatic rings. The number of carbonyl (C=O) groups is 1. The molecule has 20 heavy (non-hydrogen) atoms. The number of carboxylic acid groups (broad SMARTS) is 1. The number of carboxylic acids is 1. The van der Waals surface area contributed by atoms with Gasteiger partial charge in [0.2, 0.25) is 5.95 Å². The highest BCUT2D eigenvalue weighted by Gasteiger charge is 2.42. The second-order valence-electron chi connectivity index (χ2n) is 5.23. The molecule has 1 saturated heterocycles. The highest BCUT2D eigenvalue weighted by Crippen LogP contribution is 2.34. The maximum Gasteiger partial charge on any atom is 0.433 e. The number of rotatable bonds is 2. The van der Waals surface area contributed by atoms with Crippen molar-refractivity contribution in [1.29, 1.82) is 0 Å². The van der Waals surface area contributed by atoms with Gasteiger partial charge in [-0.3, -0.25) is 4.79 Å². The minimum absolute atomic E-state index is 0.0673. The Kier molecular flexibility index (Phi) is 3.35. The first-order valence-corrected chi connectivity index (χ1v) is 6.03. The first-order chi connectivity index (χ1) is 9.12. The first kappa shape index (κ1) is 14.5. The zero-order valence-electron chi connectivity index (χ0n) is 11.0. The van der Waals surface area contributed by atoms with Gasteiger partial charge in [0.25, 0.3) is 0 Å². The van der Waals surface area contributed by atoms with Gasteiger partial charge in [-0.2, -0.15) is 13.2 Å². The van der Waals surface area contributed by atoms with E-state index in [-0.39, 0.29) is 18.2 Å². The van der Waals surface area contributed by atoms with Gasteiger partial charge in [-0.1, -0.05) is 0 Å². The Hall–Kier alpha value is -1.86. The predicted molar refractivity (Wildman–Crippen MR) is 64.3 cm³/mol. The molecule has 0 saturated carbocycles.